The second-order valence-electron chi connectivity index (χ2n) is 6.40. The fourth-order valence-electron chi connectivity index (χ4n) is 3.66. The van der Waals surface area contributed by atoms with Gasteiger partial charge in [-0.15, -0.1) is 0 Å². The molecule has 1 aromatic rings. The summed E-state index contributed by atoms with van der Waals surface area (Å²) in [6.07, 6.45) is 8.51. The first-order chi connectivity index (χ1) is 10.2. The van der Waals surface area contributed by atoms with E-state index >= 15 is 0 Å². The summed E-state index contributed by atoms with van der Waals surface area (Å²) in [5.41, 5.74) is 1.16. The largest absolute Gasteiger partial charge is 0.338 e. The molecule has 21 heavy (non-hydrogen) atoms. The first kappa shape index (κ1) is 14.2. The number of nitrogens with zero attached hydrogens (tertiary/aromatic N) is 1. The molecular weight excluding hydrogens is 260 g/mol. The maximum Gasteiger partial charge on any atom is 0.317 e. The zero-order chi connectivity index (χ0) is 14.7. The first-order valence-corrected chi connectivity index (χ1v) is 7.93. The molecule has 0 radical (unpaired) electrons. The van der Waals surface area contributed by atoms with Crippen molar-refractivity contribution in [1.82, 2.24) is 10.2 Å². The molecule has 2 bridgehead atoms. The lowest BCUT2D eigenvalue weighted by molar-refractivity contribution is 0.205. The molecule has 2 aliphatic carbocycles. The van der Waals surface area contributed by atoms with Crippen molar-refractivity contribution in [3.63, 3.8) is 0 Å². The van der Waals surface area contributed by atoms with E-state index in [1.807, 2.05) is 37.4 Å². The third-order valence-corrected chi connectivity index (χ3v) is 4.82. The molecule has 0 aromatic heterocycles. The molecule has 3 nitrogen and oxygen atoms in total. The highest BCUT2D eigenvalue weighted by Gasteiger charge is 2.34. The van der Waals surface area contributed by atoms with Crippen LogP contribution >= 0.6 is 0 Å². The lowest BCUT2D eigenvalue weighted by atomic mass is 9.91. The van der Waals surface area contributed by atoms with E-state index in [-0.39, 0.29) is 6.03 Å². The van der Waals surface area contributed by atoms with Gasteiger partial charge in [-0.05, 0) is 42.6 Å². The van der Waals surface area contributed by atoms with Gasteiger partial charge >= 0.3 is 6.03 Å². The molecule has 3 rings (SSSR count). The number of carbonyl (C=O) groups excluding carboxylic acids is 1. The third-order valence-electron chi connectivity index (χ3n) is 4.82. The van der Waals surface area contributed by atoms with E-state index in [0.29, 0.717) is 6.54 Å². The van der Waals surface area contributed by atoms with Crippen molar-refractivity contribution in [3.05, 3.63) is 48.0 Å². The Bertz CT molecular complexity index is 511. The lowest BCUT2D eigenvalue weighted by Crippen LogP contribution is -2.37. The van der Waals surface area contributed by atoms with Gasteiger partial charge in [0.15, 0.2) is 0 Å². The summed E-state index contributed by atoms with van der Waals surface area (Å²) in [6.45, 7) is 1.45. The van der Waals surface area contributed by atoms with E-state index in [9.17, 15) is 4.79 Å². The van der Waals surface area contributed by atoms with E-state index in [0.717, 1.165) is 36.3 Å². The number of fused-ring (bicyclic) bond motifs is 2. The molecule has 0 unspecified atom stereocenters. The molecule has 0 spiro atoms. The van der Waals surface area contributed by atoms with Crippen molar-refractivity contribution >= 4 is 6.03 Å². The van der Waals surface area contributed by atoms with Gasteiger partial charge in [-0.25, -0.2) is 4.79 Å². The standard InChI is InChI=1S/C18H24N2O/c1-20(13-14-5-3-2-4-6-14)18(21)19-10-9-17-12-15-7-8-16(17)11-15/h2-8,15-17H,9-13H2,1H3,(H,19,21)/t15-,16+,17-/m1/s1. The van der Waals surface area contributed by atoms with Crippen molar-refractivity contribution in [1.29, 1.82) is 0 Å². The Balaban J connectivity index is 1.39. The molecule has 3 atom stereocenters. The van der Waals surface area contributed by atoms with Crippen molar-refractivity contribution in [2.75, 3.05) is 13.6 Å². The third kappa shape index (κ3) is 3.46. The minimum atomic E-state index is 0.0255. The molecular formula is C18H24N2O. The van der Waals surface area contributed by atoms with Crippen molar-refractivity contribution < 1.29 is 4.79 Å². The summed E-state index contributed by atoms with van der Waals surface area (Å²) in [5, 5.41) is 3.05. The Morgan fingerprint density at radius 3 is 2.71 bits per heavy atom. The van der Waals surface area contributed by atoms with E-state index in [4.69, 9.17) is 0 Å². The monoisotopic (exact) mass is 284 g/mol. The van der Waals surface area contributed by atoms with Gasteiger partial charge in [0.2, 0.25) is 0 Å². The number of rotatable bonds is 5. The SMILES string of the molecule is CN(Cc1ccccc1)C(=O)NCC[C@@H]1C[C@@H]2C=C[C@H]1C2. The molecule has 1 saturated carbocycles. The van der Waals surface area contributed by atoms with Gasteiger partial charge in [-0.1, -0.05) is 42.5 Å². The van der Waals surface area contributed by atoms with Crippen LogP contribution in [-0.4, -0.2) is 24.5 Å². The molecule has 112 valence electrons. The van der Waals surface area contributed by atoms with E-state index in [1.54, 1.807) is 4.90 Å². The van der Waals surface area contributed by atoms with Crippen molar-refractivity contribution in [3.8, 4) is 0 Å². The number of hydrogen-bond acceptors (Lipinski definition) is 1. The second-order valence-corrected chi connectivity index (χ2v) is 6.40. The van der Waals surface area contributed by atoms with E-state index < -0.39 is 0 Å². The predicted molar refractivity (Wildman–Crippen MR) is 84.8 cm³/mol. The Morgan fingerprint density at radius 2 is 2.05 bits per heavy atom. The van der Waals surface area contributed by atoms with Crippen LogP contribution < -0.4 is 5.32 Å². The van der Waals surface area contributed by atoms with Crippen LogP contribution in [0.25, 0.3) is 0 Å². The fraction of sp³-hybridized carbons (Fsp3) is 0.500. The highest BCUT2D eigenvalue weighted by atomic mass is 16.2. The van der Waals surface area contributed by atoms with Gasteiger partial charge < -0.3 is 10.2 Å². The number of allylic oxidation sites excluding steroid dienone is 2. The lowest BCUT2D eigenvalue weighted by Gasteiger charge is -2.21. The molecule has 0 aliphatic heterocycles. The summed E-state index contributed by atoms with van der Waals surface area (Å²) in [5.74, 6) is 2.37. The normalized spacial score (nSPS) is 26.0. The number of nitrogens with one attached hydrogen (secondary N) is 1. The molecule has 0 saturated heterocycles. The average molecular weight is 284 g/mol. The summed E-state index contributed by atoms with van der Waals surface area (Å²) < 4.78 is 0. The smallest absolute Gasteiger partial charge is 0.317 e. The number of urea groups is 1. The number of amides is 2. The van der Waals surface area contributed by atoms with Gasteiger partial charge in [0.1, 0.15) is 0 Å². The summed E-state index contributed by atoms with van der Waals surface area (Å²) in [4.78, 5) is 13.8. The maximum atomic E-state index is 12.1. The maximum absolute atomic E-state index is 12.1. The van der Waals surface area contributed by atoms with Crippen LogP contribution in [0, 0.1) is 17.8 Å². The average Bonchev–Trinajstić information content (AvgIpc) is 3.11. The van der Waals surface area contributed by atoms with Crippen molar-refractivity contribution in [2.24, 2.45) is 17.8 Å². The van der Waals surface area contributed by atoms with Gasteiger partial charge in [-0.3, -0.25) is 0 Å². The molecule has 1 N–H and O–H groups in total. The molecule has 2 amide bonds. The zero-order valence-corrected chi connectivity index (χ0v) is 12.7. The van der Waals surface area contributed by atoms with Gasteiger partial charge in [-0.2, -0.15) is 0 Å². The second kappa shape index (κ2) is 6.33. The fourth-order valence-corrected chi connectivity index (χ4v) is 3.66. The van der Waals surface area contributed by atoms with Crippen molar-refractivity contribution in [2.45, 2.75) is 25.8 Å². The predicted octanol–water partition coefficient (Wildman–Crippen LogP) is 3.43. The topological polar surface area (TPSA) is 32.3 Å². The number of carbonyl (C=O) groups is 1. The Hall–Kier alpha value is -1.77. The number of hydrogen-bond donors (Lipinski definition) is 1. The molecule has 0 heterocycles. The van der Waals surface area contributed by atoms with Crippen LogP contribution in [-0.2, 0) is 6.54 Å². The van der Waals surface area contributed by atoms with Crippen LogP contribution in [0.15, 0.2) is 42.5 Å². The van der Waals surface area contributed by atoms with Crippen LogP contribution in [0.1, 0.15) is 24.8 Å². The van der Waals surface area contributed by atoms with Crippen LogP contribution in [0.2, 0.25) is 0 Å². The summed E-state index contributed by atoms with van der Waals surface area (Å²) in [7, 11) is 1.85. The van der Waals surface area contributed by atoms with Crippen LogP contribution in [0.3, 0.4) is 0 Å². The Morgan fingerprint density at radius 1 is 1.24 bits per heavy atom. The van der Waals surface area contributed by atoms with Gasteiger partial charge in [0, 0.05) is 20.1 Å². The van der Waals surface area contributed by atoms with E-state index in [1.165, 1.54) is 12.8 Å². The quantitative estimate of drug-likeness (QED) is 0.825. The highest BCUT2D eigenvalue weighted by molar-refractivity contribution is 5.73. The number of benzene rings is 1. The minimum Gasteiger partial charge on any atom is -0.338 e. The summed E-state index contributed by atoms with van der Waals surface area (Å²) >= 11 is 0. The minimum absolute atomic E-state index is 0.0255. The molecule has 1 fully saturated rings. The molecule has 2 aliphatic rings. The molecule has 3 heteroatoms. The van der Waals surface area contributed by atoms with Crippen LogP contribution in [0.5, 0.6) is 0 Å². The molecule has 1 aromatic carbocycles. The van der Waals surface area contributed by atoms with Gasteiger partial charge in [0.05, 0.1) is 0 Å². The van der Waals surface area contributed by atoms with E-state index in [2.05, 4.69) is 17.5 Å². The first-order valence-electron chi connectivity index (χ1n) is 7.93. The van der Waals surface area contributed by atoms with Crippen LogP contribution in [0.4, 0.5) is 4.79 Å². The highest BCUT2D eigenvalue weighted by Crippen LogP contribution is 2.44. The summed E-state index contributed by atoms with van der Waals surface area (Å²) in [6, 6.07) is 10.1. The zero-order valence-electron chi connectivity index (χ0n) is 12.7. The van der Waals surface area contributed by atoms with Gasteiger partial charge in [0.25, 0.3) is 0 Å². The Kier molecular flexibility index (Phi) is 4.28. The Labute approximate surface area is 127 Å².